The van der Waals surface area contributed by atoms with Gasteiger partial charge in [-0.15, -0.1) is 36.0 Å². The normalized spacial score (nSPS) is 13.2. The Labute approximate surface area is 215 Å². The molecule has 0 amide bonds. The average Bonchev–Trinajstić information content (AvgIpc) is 3.47. The molecule has 1 aliphatic heterocycles. The van der Waals surface area contributed by atoms with Crippen molar-refractivity contribution >= 4 is 16.6 Å². The molecule has 0 spiro atoms. The summed E-state index contributed by atoms with van der Waals surface area (Å²) in [5.41, 5.74) is 2.94. The van der Waals surface area contributed by atoms with Crippen LogP contribution in [0.2, 0.25) is 0 Å². The number of pyridine rings is 1. The van der Waals surface area contributed by atoms with Gasteiger partial charge < -0.3 is 14.5 Å². The summed E-state index contributed by atoms with van der Waals surface area (Å²) in [7, 11) is 0. The second-order valence-electron chi connectivity index (χ2n) is 8.65. The van der Waals surface area contributed by atoms with Gasteiger partial charge in [-0.25, -0.2) is 9.67 Å². The van der Waals surface area contributed by atoms with Gasteiger partial charge in [-0.1, -0.05) is 19.2 Å². The average molecular weight is 632 g/mol. The second-order valence-corrected chi connectivity index (χ2v) is 8.65. The van der Waals surface area contributed by atoms with Gasteiger partial charge in [-0.3, -0.25) is 0 Å². The zero-order chi connectivity index (χ0) is 22.9. The standard InChI is InChI=1S/C27H26N5O.Pt/c1-19(2)21-10-11-28-27(14-21)32-26-16-25(9-8-22(26)17-29-32)33-24-7-5-6-23(15-24)31-13-12-30(18-31)20(3)4;/h5-14,17-20H,1-4H3;/q-3;. The van der Waals surface area contributed by atoms with E-state index in [2.05, 4.69) is 73.7 Å². The number of fused-ring (bicyclic) bond motifs is 1. The fourth-order valence-electron chi connectivity index (χ4n) is 3.66. The first-order valence-electron chi connectivity index (χ1n) is 11.1. The number of benzene rings is 2. The Balaban J connectivity index is 0.00000274. The van der Waals surface area contributed by atoms with Crippen molar-refractivity contribution in [3.8, 4) is 17.3 Å². The van der Waals surface area contributed by atoms with Gasteiger partial charge in [0.15, 0.2) is 5.82 Å². The van der Waals surface area contributed by atoms with Gasteiger partial charge in [-0.05, 0) is 61.4 Å². The van der Waals surface area contributed by atoms with Crippen molar-refractivity contribution < 1.29 is 25.8 Å². The summed E-state index contributed by atoms with van der Waals surface area (Å²) in [6, 6.07) is 20.9. The third-order valence-electron chi connectivity index (χ3n) is 5.61. The molecule has 2 aromatic carbocycles. The molecule has 0 N–H and O–H groups in total. The van der Waals surface area contributed by atoms with E-state index < -0.39 is 0 Å². The predicted octanol–water partition coefficient (Wildman–Crippen LogP) is 6.05. The fourth-order valence-corrected chi connectivity index (χ4v) is 3.66. The molecule has 2 aromatic heterocycles. The van der Waals surface area contributed by atoms with Gasteiger partial charge >= 0.3 is 0 Å². The van der Waals surface area contributed by atoms with E-state index in [1.165, 1.54) is 5.56 Å². The van der Waals surface area contributed by atoms with E-state index >= 15 is 0 Å². The van der Waals surface area contributed by atoms with Crippen LogP contribution in [0.15, 0.2) is 67.3 Å². The topological polar surface area (TPSA) is 46.4 Å². The van der Waals surface area contributed by atoms with Crippen LogP contribution in [0.25, 0.3) is 16.7 Å². The van der Waals surface area contributed by atoms with E-state index in [0.717, 1.165) is 22.4 Å². The maximum Gasteiger partial charge on any atom is 0.151 e. The molecule has 0 saturated carbocycles. The number of nitrogens with zero attached hydrogens (tertiary/aromatic N) is 5. The van der Waals surface area contributed by atoms with Gasteiger partial charge in [0, 0.05) is 45.0 Å². The van der Waals surface area contributed by atoms with Crippen molar-refractivity contribution in [2.75, 3.05) is 4.90 Å². The van der Waals surface area contributed by atoms with Crippen molar-refractivity contribution in [3.05, 3.63) is 91.6 Å². The summed E-state index contributed by atoms with van der Waals surface area (Å²) in [6.07, 6.45) is 7.72. The first-order chi connectivity index (χ1) is 16.0. The molecule has 0 saturated heterocycles. The van der Waals surface area contributed by atoms with Crippen molar-refractivity contribution in [1.82, 2.24) is 19.7 Å². The summed E-state index contributed by atoms with van der Waals surface area (Å²) in [5, 5.41) is 5.51. The fraction of sp³-hybridized carbons (Fsp3) is 0.222. The smallest absolute Gasteiger partial charge is 0.151 e. The molecule has 178 valence electrons. The zero-order valence-electron chi connectivity index (χ0n) is 19.5. The van der Waals surface area contributed by atoms with Crippen LogP contribution >= 0.6 is 0 Å². The molecule has 7 heteroatoms. The van der Waals surface area contributed by atoms with Gasteiger partial charge in [0.05, 0.1) is 0 Å². The second kappa shape index (κ2) is 10.0. The molecular formula is C27H26N5OPt-3. The van der Waals surface area contributed by atoms with E-state index in [0.29, 0.717) is 23.5 Å². The Hall–Kier alpha value is -3.11. The predicted molar refractivity (Wildman–Crippen MR) is 130 cm³/mol. The molecule has 34 heavy (non-hydrogen) atoms. The Kier molecular flexibility index (Phi) is 7.08. The third-order valence-corrected chi connectivity index (χ3v) is 5.61. The minimum absolute atomic E-state index is 0. The summed E-state index contributed by atoms with van der Waals surface area (Å²) in [6.45, 7) is 10.7. The largest absolute Gasteiger partial charge is 0.509 e. The van der Waals surface area contributed by atoms with Crippen LogP contribution in [-0.2, 0) is 21.1 Å². The van der Waals surface area contributed by atoms with E-state index in [-0.39, 0.29) is 21.1 Å². The Morgan fingerprint density at radius 2 is 1.79 bits per heavy atom. The molecular weight excluding hydrogens is 605 g/mol. The quantitative estimate of drug-likeness (QED) is 0.243. The minimum atomic E-state index is 0. The first-order valence-corrected chi connectivity index (χ1v) is 11.1. The molecule has 6 nitrogen and oxygen atoms in total. The molecule has 0 atom stereocenters. The van der Waals surface area contributed by atoms with E-state index in [9.17, 15) is 0 Å². The first kappa shape index (κ1) is 24.0. The van der Waals surface area contributed by atoms with Crippen LogP contribution < -0.4 is 9.64 Å². The monoisotopic (exact) mass is 631 g/mol. The van der Waals surface area contributed by atoms with Crippen molar-refractivity contribution in [2.24, 2.45) is 0 Å². The van der Waals surface area contributed by atoms with E-state index in [1.807, 2.05) is 59.9 Å². The number of anilines is 1. The molecule has 4 aromatic rings. The van der Waals surface area contributed by atoms with Gasteiger partial charge in [-0.2, -0.15) is 23.9 Å². The Morgan fingerprint density at radius 3 is 2.56 bits per heavy atom. The molecule has 0 unspecified atom stereocenters. The molecule has 5 rings (SSSR count). The van der Waals surface area contributed by atoms with Crippen LogP contribution in [0.4, 0.5) is 5.69 Å². The van der Waals surface area contributed by atoms with Crippen molar-refractivity contribution in [3.63, 3.8) is 0 Å². The number of ether oxygens (including phenoxy) is 1. The number of rotatable bonds is 6. The molecule has 3 heterocycles. The minimum Gasteiger partial charge on any atom is -0.509 e. The molecule has 1 aliphatic rings. The molecule has 0 radical (unpaired) electrons. The third kappa shape index (κ3) is 4.88. The summed E-state index contributed by atoms with van der Waals surface area (Å²) in [5.74, 6) is 2.40. The number of hydrogen-bond donors (Lipinski definition) is 0. The SMILES string of the molecule is CC(C)c1ccnc(-n2ncc3ccc(Oc4[c-]c(N5C=CN(C(C)C)[CH-]5)ccc4)[c-]c32)c1.[Pt]. The number of aromatic nitrogens is 3. The van der Waals surface area contributed by atoms with Crippen LogP contribution in [0.3, 0.4) is 0 Å². The Bertz CT molecular complexity index is 1310. The summed E-state index contributed by atoms with van der Waals surface area (Å²) < 4.78 is 7.94. The summed E-state index contributed by atoms with van der Waals surface area (Å²) >= 11 is 0. The van der Waals surface area contributed by atoms with Crippen LogP contribution in [0.5, 0.6) is 11.5 Å². The van der Waals surface area contributed by atoms with Gasteiger partial charge in [0.2, 0.25) is 0 Å². The van der Waals surface area contributed by atoms with Crippen molar-refractivity contribution in [1.29, 1.82) is 0 Å². The molecule has 0 fully saturated rings. The summed E-state index contributed by atoms with van der Waals surface area (Å²) in [4.78, 5) is 8.69. The number of hydrogen-bond acceptors (Lipinski definition) is 5. The maximum absolute atomic E-state index is 6.13. The van der Waals surface area contributed by atoms with Crippen molar-refractivity contribution in [2.45, 2.75) is 39.7 Å². The van der Waals surface area contributed by atoms with Crippen LogP contribution in [0, 0.1) is 18.8 Å². The van der Waals surface area contributed by atoms with Gasteiger partial charge in [0.1, 0.15) is 0 Å². The maximum atomic E-state index is 6.13. The van der Waals surface area contributed by atoms with Gasteiger partial charge in [0.25, 0.3) is 0 Å². The van der Waals surface area contributed by atoms with E-state index in [4.69, 9.17) is 4.74 Å². The van der Waals surface area contributed by atoms with E-state index in [1.54, 1.807) is 4.68 Å². The molecule has 0 aliphatic carbocycles. The Morgan fingerprint density at radius 1 is 0.971 bits per heavy atom. The van der Waals surface area contributed by atoms with Crippen LogP contribution in [-0.4, -0.2) is 25.7 Å². The zero-order valence-corrected chi connectivity index (χ0v) is 21.8. The molecule has 0 bridgehead atoms. The van der Waals surface area contributed by atoms with Crippen LogP contribution in [0.1, 0.15) is 39.2 Å².